The van der Waals surface area contributed by atoms with Gasteiger partial charge in [0.25, 0.3) is 11.8 Å². The summed E-state index contributed by atoms with van der Waals surface area (Å²) in [5.41, 5.74) is 0.593. The van der Waals surface area contributed by atoms with Crippen LogP contribution in [-0.4, -0.2) is 107 Å². The van der Waals surface area contributed by atoms with Crippen molar-refractivity contribution < 1.29 is 9.59 Å². The van der Waals surface area contributed by atoms with Crippen LogP contribution in [0.4, 0.5) is 0 Å². The normalized spacial score (nSPS) is 25.4. The van der Waals surface area contributed by atoms with Gasteiger partial charge in [0.2, 0.25) is 0 Å². The summed E-state index contributed by atoms with van der Waals surface area (Å²) in [6.07, 6.45) is 2.86. The molecule has 0 spiro atoms. The van der Waals surface area contributed by atoms with Crippen LogP contribution in [0.15, 0.2) is 12.4 Å². The highest BCUT2D eigenvalue weighted by molar-refractivity contribution is 5.94. The Hall–Kier alpha value is -2.06. The Morgan fingerprint density at radius 3 is 1.50 bits per heavy atom. The van der Waals surface area contributed by atoms with Gasteiger partial charge in [0.15, 0.2) is 0 Å². The minimum absolute atomic E-state index is 0.121. The number of hydrogen-bond donors (Lipinski definition) is 0. The van der Waals surface area contributed by atoms with E-state index in [0.717, 1.165) is 13.1 Å². The first-order chi connectivity index (χ1) is 12.4. The second-order valence-electron chi connectivity index (χ2n) is 7.45. The van der Waals surface area contributed by atoms with Crippen molar-refractivity contribution in [2.24, 2.45) is 0 Å². The van der Waals surface area contributed by atoms with E-state index in [0.29, 0.717) is 49.7 Å². The molecular weight excluding hydrogens is 332 g/mol. The number of carbonyl (C=O) groups is 2. The Morgan fingerprint density at radius 2 is 1.19 bits per heavy atom. The molecule has 3 heterocycles. The summed E-state index contributed by atoms with van der Waals surface area (Å²) in [4.78, 5) is 41.7. The van der Waals surface area contributed by atoms with E-state index in [4.69, 9.17) is 0 Å². The molecule has 1 aromatic rings. The Kier molecular flexibility index (Phi) is 5.52. The third kappa shape index (κ3) is 3.86. The number of piperazine rings is 2. The van der Waals surface area contributed by atoms with E-state index in [1.807, 2.05) is 0 Å². The molecule has 2 fully saturated rings. The predicted octanol–water partition coefficient (Wildman–Crippen LogP) is 0.0288. The minimum Gasteiger partial charge on any atom is -0.334 e. The SMILES string of the molecule is CC1CN(C(=O)c2cnc(C(=O)N3CCN(C)C(C)C3)cn2)CCN1C. The first-order valence-corrected chi connectivity index (χ1v) is 9.18. The van der Waals surface area contributed by atoms with E-state index < -0.39 is 0 Å². The molecule has 142 valence electrons. The van der Waals surface area contributed by atoms with Crippen LogP contribution in [0, 0.1) is 0 Å². The Morgan fingerprint density at radius 1 is 0.808 bits per heavy atom. The van der Waals surface area contributed by atoms with E-state index in [1.54, 1.807) is 9.80 Å². The average Bonchev–Trinajstić information content (AvgIpc) is 2.65. The van der Waals surface area contributed by atoms with Gasteiger partial charge in [0.05, 0.1) is 12.4 Å². The molecule has 3 rings (SSSR count). The summed E-state index contributed by atoms with van der Waals surface area (Å²) >= 11 is 0. The maximum Gasteiger partial charge on any atom is 0.274 e. The zero-order valence-corrected chi connectivity index (χ0v) is 16.1. The van der Waals surface area contributed by atoms with Crippen LogP contribution in [0.1, 0.15) is 34.8 Å². The van der Waals surface area contributed by atoms with Crippen molar-refractivity contribution in [2.45, 2.75) is 25.9 Å². The van der Waals surface area contributed by atoms with Crippen molar-refractivity contribution in [1.82, 2.24) is 29.6 Å². The molecule has 2 unspecified atom stereocenters. The summed E-state index contributed by atoms with van der Waals surface area (Å²) in [5.74, 6) is -0.241. The van der Waals surface area contributed by atoms with Gasteiger partial charge in [-0.3, -0.25) is 9.59 Å². The van der Waals surface area contributed by atoms with Gasteiger partial charge in [-0.2, -0.15) is 0 Å². The fraction of sp³-hybridized carbons (Fsp3) is 0.667. The number of nitrogens with zero attached hydrogens (tertiary/aromatic N) is 6. The topological polar surface area (TPSA) is 72.9 Å². The summed E-state index contributed by atoms with van der Waals surface area (Å²) in [5, 5.41) is 0. The Labute approximate surface area is 154 Å². The van der Waals surface area contributed by atoms with Crippen LogP contribution in [0.25, 0.3) is 0 Å². The van der Waals surface area contributed by atoms with Crippen molar-refractivity contribution in [3.63, 3.8) is 0 Å². The molecule has 8 nitrogen and oxygen atoms in total. The van der Waals surface area contributed by atoms with Crippen molar-refractivity contribution in [3.05, 3.63) is 23.8 Å². The van der Waals surface area contributed by atoms with E-state index >= 15 is 0 Å². The molecule has 0 aliphatic carbocycles. The fourth-order valence-electron chi connectivity index (χ4n) is 3.34. The van der Waals surface area contributed by atoms with E-state index in [9.17, 15) is 9.59 Å². The smallest absolute Gasteiger partial charge is 0.274 e. The maximum absolute atomic E-state index is 12.6. The first-order valence-electron chi connectivity index (χ1n) is 9.18. The molecule has 2 amide bonds. The zero-order valence-electron chi connectivity index (χ0n) is 16.1. The summed E-state index contributed by atoms with van der Waals surface area (Å²) in [6.45, 7) is 8.61. The summed E-state index contributed by atoms with van der Waals surface area (Å²) in [7, 11) is 4.12. The second-order valence-corrected chi connectivity index (χ2v) is 7.45. The predicted molar refractivity (Wildman–Crippen MR) is 98.0 cm³/mol. The molecule has 26 heavy (non-hydrogen) atoms. The van der Waals surface area contributed by atoms with Crippen molar-refractivity contribution in [2.75, 3.05) is 53.4 Å². The van der Waals surface area contributed by atoms with Crippen LogP contribution in [0.2, 0.25) is 0 Å². The van der Waals surface area contributed by atoms with Crippen LogP contribution in [0.3, 0.4) is 0 Å². The van der Waals surface area contributed by atoms with E-state index in [2.05, 4.69) is 47.7 Å². The van der Waals surface area contributed by atoms with Crippen LogP contribution in [-0.2, 0) is 0 Å². The monoisotopic (exact) mass is 360 g/mol. The zero-order chi connectivity index (χ0) is 18.8. The van der Waals surface area contributed by atoms with Crippen LogP contribution < -0.4 is 0 Å². The van der Waals surface area contributed by atoms with Gasteiger partial charge in [-0.25, -0.2) is 9.97 Å². The summed E-state index contributed by atoms with van der Waals surface area (Å²) < 4.78 is 0. The lowest BCUT2D eigenvalue weighted by molar-refractivity contribution is 0.0553. The highest BCUT2D eigenvalue weighted by Crippen LogP contribution is 2.12. The molecule has 1 aromatic heterocycles. The molecular formula is C18H28N6O2. The number of rotatable bonds is 2. The highest BCUT2D eigenvalue weighted by atomic mass is 16.2. The van der Waals surface area contributed by atoms with Gasteiger partial charge < -0.3 is 19.6 Å². The quantitative estimate of drug-likeness (QED) is 0.741. The Bertz CT molecular complexity index is 607. The summed E-state index contributed by atoms with van der Waals surface area (Å²) in [6, 6.07) is 0.640. The molecule has 0 saturated carbocycles. The van der Waals surface area contributed by atoms with Gasteiger partial charge >= 0.3 is 0 Å². The lowest BCUT2D eigenvalue weighted by Crippen LogP contribution is -2.52. The lowest BCUT2D eigenvalue weighted by Gasteiger charge is -2.37. The largest absolute Gasteiger partial charge is 0.334 e. The van der Waals surface area contributed by atoms with Gasteiger partial charge in [-0.05, 0) is 27.9 Å². The van der Waals surface area contributed by atoms with Crippen molar-refractivity contribution >= 4 is 11.8 Å². The number of likely N-dealkylation sites (N-methyl/N-ethyl adjacent to an activating group) is 2. The third-order valence-electron chi connectivity index (χ3n) is 5.58. The second kappa shape index (κ2) is 7.67. The molecule has 0 aromatic carbocycles. The molecule has 2 aliphatic rings. The molecule has 0 bridgehead atoms. The molecule has 0 N–H and O–H groups in total. The van der Waals surface area contributed by atoms with E-state index in [-0.39, 0.29) is 11.8 Å². The lowest BCUT2D eigenvalue weighted by atomic mass is 10.2. The van der Waals surface area contributed by atoms with E-state index in [1.165, 1.54) is 12.4 Å². The molecule has 2 aliphatic heterocycles. The molecule has 2 saturated heterocycles. The number of aromatic nitrogens is 2. The van der Waals surface area contributed by atoms with Crippen LogP contribution >= 0.6 is 0 Å². The minimum atomic E-state index is -0.121. The number of carbonyl (C=O) groups excluding carboxylic acids is 2. The van der Waals surface area contributed by atoms with Gasteiger partial charge in [-0.15, -0.1) is 0 Å². The van der Waals surface area contributed by atoms with Gasteiger partial charge in [0, 0.05) is 51.4 Å². The number of hydrogen-bond acceptors (Lipinski definition) is 6. The first kappa shape index (κ1) is 18.7. The molecule has 0 radical (unpaired) electrons. The average molecular weight is 360 g/mol. The van der Waals surface area contributed by atoms with Crippen molar-refractivity contribution in [3.8, 4) is 0 Å². The van der Waals surface area contributed by atoms with Gasteiger partial charge in [0.1, 0.15) is 11.4 Å². The molecule has 8 heteroatoms. The standard InChI is InChI=1S/C18H28N6O2/c1-13-11-23(7-5-21(13)3)17(25)15-9-20-16(10-19-15)18(26)24-8-6-22(4)14(2)12-24/h9-10,13-14H,5-8,11-12H2,1-4H3. The fourth-order valence-corrected chi connectivity index (χ4v) is 3.34. The number of amides is 2. The van der Waals surface area contributed by atoms with Crippen molar-refractivity contribution in [1.29, 1.82) is 0 Å². The third-order valence-corrected chi connectivity index (χ3v) is 5.58. The maximum atomic E-state index is 12.6. The van der Waals surface area contributed by atoms with Crippen LogP contribution in [0.5, 0.6) is 0 Å². The van der Waals surface area contributed by atoms with Gasteiger partial charge in [-0.1, -0.05) is 0 Å². The Balaban J connectivity index is 1.65. The highest BCUT2D eigenvalue weighted by Gasteiger charge is 2.28. The molecule has 2 atom stereocenters.